The Bertz CT molecular complexity index is 293. The van der Waals surface area contributed by atoms with Crippen molar-refractivity contribution in [1.29, 1.82) is 0 Å². The second-order valence-corrected chi connectivity index (χ2v) is 5.61. The highest BCUT2D eigenvalue weighted by Crippen LogP contribution is 2.23. The Hall–Kier alpha value is -0.450. The first-order valence-electron chi connectivity index (χ1n) is 6.07. The zero-order chi connectivity index (χ0) is 11.4. The van der Waals surface area contributed by atoms with Gasteiger partial charge in [-0.2, -0.15) is 0 Å². The van der Waals surface area contributed by atoms with Crippen LogP contribution in [0.4, 0.5) is 0 Å². The summed E-state index contributed by atoms with van der Waals surface area (Å²) in [5, 5.41) is 6.71. The first kappa shape index (κ1) is 12.0. The molecule has 1 unspecified atom stereocenters. The maximum absolute atomic E-state index is 4.39. The van der Waals surface area contributed by atoms with Gasteiger partial charge in [0.1, 0.15) is 5.01 Å². The van der Waals surface area contributed by atoms with Gasteiger partial charge in [-0.25, -0.2) is 4.98 Å². The smallest absolute Gasteiger partial charge is 0.109 e. The number of nitrogens with one attached hydrogen (secondary N) is 1. The van der Waals surface area contributed by atoms with Crippen molar-refractivity contribution >= 4 is 11.3 Å². The minimum atomic E-state index is 0.454. The van der Waals surface area contributed by atoms with Gasteiger partial charge in [0, 0.05) is 18.1 Å². The molecule has 16 heavy (non-hydrogen) atoms. The SMILES string of the molecule is CC(c1nccs1)N(C)CC1CCNCC1. The van der Waals surface area contributed by atoms with E-state index in [4.69, 9.17) is 0 Å². The van der Waals surface area contributed by atoms with Crippen LogP contribution in [0.1, 0.15) is 30.8 Å². The lowest BCUT2D eigenvalue weighted by molar-refractivity contribution is 0.196. The molecule has 1 fully saturated rings. The summed E-state index contributed by atoms with van der Waals surface area (Å²) in [5.74, 6) is 0.855. The van der Waals surface area contributed by atoms with Gasteiger partial charge in [-0.1, -0.05) is 0 Å². The van der Waals surface area contributed by atoms with Crippen molar-refractivity contribution in [1.82, 2.24) is 15.2 Å². The van der Waals surface area contributed by atoms with E-state index in [9.17, 15) is 0 Å². The van der Waals surface area contributed by atoms with Crippen molar-refractivity contribution in [3.05, 3.63) is 16.6 Å². The van der Waals surface area contributed by atoms with E-state index in [0.29, 0.717) is 6.04 Å². The van der Waals surface area contributed by atoms with Crippen LogP contribution in [0, 0.1) is 5.92 Å². The first-order chi connectivity index (χ1) is 7.77. The van der Waals surface area contributed by atoms with Crippen molar-refractivity contribution in [3.63, 3.8) is 0 Å². The first-order valence-corrected chi connectivity index (χ1v) is 6.95. The second kappa shape index (κ2) is 5.75. The summed E-state index contributed by atoms with van der Waals surface area (Å²) < 4.78 is 0. The molecule has 1 aliphatic rings. The van der Waals surface area contributed by atoms with Gasteiger partial charge >= 0.3 is 0 Å². The quantitative estimate of drug-likeness (QED) is 0.872. The fraction of sp³-hybridized carbons (Fsp3) is 0.750. The molecule has 1 N–H and O–H groups in total. The zero-order valence-electron chi connectivity index (χ0n) is 10.1. The van der Waals surface area contributed by atoms with Crippen molar-refractivity contribution < 1.29 is 0 Å². The maximum Gasteiger partial charge on any atom is 0.109 e. The van der Waals surface area contributed by atoms with Crippen LogP contribution in [0.3, 0.4) is 0 Å². The summed E-state index contributed by atoms with van der Waals surface area (Å²) in [6, 6.07) is 0.454. The summed E-state index contributed by atoms with van der Waals surface area (Å²) in [6.45, 7) is 5.82. The van der Waals surface area contributed by atoms with Gasteiger partial charge in [0.05, 0.1) is 6.04 Å². The van der Waals surface area contributed by atoms with Crippen LogP contribution in [0.25, 0.3) is 0 Å². The summed E-state index contributed by atoms with van der Waals surface area (Å²) >= 11 is 1.76. The number of piperidine rings is 1. The molecule has 0 amide bonds. The molecule has 1 aromatic rings. The van der Waals surface area contributed by atoms with Gasteiger partial charge in [0.15, 0.2) is 0 Å². The Kier molecular flexibility index (Phi) is 4.32. The summed E-state index contributed by atoms with van der Waals surface area (Å²) in [5.41, 5.74) is 0. The molecule has 3 nitrogen and oxygen atoms in total. The largest absolute Gasteiger partial charge is 0.317 e. The number of nitrogens with zero attached hydrogens (tertiary/aromatic N) is 2. The van der Waals surface area contributed by atoms with Crippen LogP contribution in [0.2, 0.25) is 0 Å². The molecule has 0 aliphatic carbocycles. The number of thiazole rings is 1. The van der Waals surface area contributed by atoms with Crippen LogP contribution in [-0.4, -0.2) is 36.6 Å². The molecular weight excluding hydrogens is 218 g/mol. The lowest BCUT2D eigenvalue weighted by Crippen LogP contribution is -2.35. The topological polar surface area (TPSA) is 28.2 Å². The van der Waals surface area contributed by atoms with E-state index >= 15 is 0 Å². The number of hydrogen-bond donors (Lipinski definition) is 1. The van der Waals surface area contributed by atoms with E-state index in [1.807, 2.05) is 6.20 Å². The van der Waals surface area contributed by atoms with Crippen LogP contribution >= 0.6 is 11.3 Å². The molecule has 0 bridgehead atoms. The van der Waals surface area contributed by atoms with Crippen molar-refractivity contribution in [2.75, 3.05) is 26.7 Å². The monoisotopic (exact) mass is 239 g/mol. The van der Waals surface area contributed by atoms with E-state index in [1.165, 1.54) is 37.5 Å². The molecule has 1 saturated heterocycles. The Labute approximate surface area is 102 Å². The predicted molar refractivity (Wildman–Crippen MR) is 68.8 cm³/mol. The van der Waals surface area contributed by atoms with Gasteiger partial charge < -0.3 is 5.32 Å². The average Bonchev–Trinajstić information content (AvgIpc) is 2.83. The van der Waals surface area contributed by atoms with Crippen LogP contribution in [0.5, 0.6) is 0 Å². The number of rotatable bonds is 4. The highest BCUT2D eigenvalue weighted by molar-refractivity contribution is 7.09. The Morgan fingerprint density at radius 2 is 2.31 bits per heavy atom. The summed E-state index contributed by atoms with van der Waals surface area (Å²) in [4.78, 5) is 6.83. The summed E-state index contributed by atoms with van der Waals surface area (Å²) in [7, 11) is 2.22. The van der Waals surface area contributed by atoms with E-state index in [2.05, 4.69) is 34.6 Å². The van der Waals surface area contributed by atoms with Gasteiger partial charge in [-0.05, 0) is 45.8 Å². The molecule has 1 atom stereocenters. The fourth-order valence-corrected chi connectivity index (χ4v) is 3.02. The lowest BCUT2D eigenvalue weighted by Gasteiger charge is -2.30. The van der Waals surface area contributed by atoms with Crippen molar-refractivity contribution in [2.45, 2.75) is 25.8 Å². The standard InChI is InChI=1S/C12H21N3S/c1-10(12-14-7-8-16-12)15(2)9-11-3-5-13-6-4-11/h7-8,10-11,13H,3-6,9H2,1-2H3. The Morgan fingerprint density at radius 3 is 2.94 bits per heavy atom. The van der Waals surface area contributed by atoms with Gasteiger partial charge in [-0.3, -0.25) is 4.90 Å². The molecule has 0 spiro atoms. The van der Waals surface area contributed by atoms with Gasteiger partial charge in [0.2, 0.25) is 0 Å². The van der Waals surface area contributed by atoms with E-state index < -0.39 is 0 Å². The molecular formula is C12H21N3S. The molecule has 2 heterocycles. The third-order valence-electron chi connectivity index (χ3n) is 3.47. The Balaban J connectivity index is 1.84. The van der Waals surface area contributed by atoms with E-state index in [0.717, 1.165) is 5.92 Å². The number of aromatic nitrogens is 1. The minimum Gasteiger partial charge on any atom is -0.317 e. The minimum absolute atomic E-state index is 0.454. The third kappa shape index (κ3) is 3.03. The molecule has 4 heteroatoms. The summed E-state index contributed by atoms with van der Waals surface area (Å²) in [6.07, 6.45) is 4.53. The van der Waals surface area contributed by atoms with Crippen molar-refractivity contribution in [3.8, 4) is 0 Å². The predicted octanol–water partition coefficient (Wildman–Crippen LogP) is 2.14. The molecule has 1 aromatic heterocycles. The van der Waals surface area contributed by atoms with Crippen LogP contribution < -0.4 is 5.32 Å². The highest BCUT2D eigenvalue weighted by atomic mass is 32.1. The van der Waals surface area contributed by atoms with Gasteiger partial charge in [-0.15, -0.1) is 11.3 Å². The van der Waals surface area contributed by atoms with Crippen LogP contribution in [-0.2, 0) is 0 Å². The fourth-order valence-electron chi connectivity index (χ4n) is 2.26. The molecule has 0 saturated carbocycles. The molecule has 0 radical (unpaired) electrons. The molecule has 0 aromatic carbocycles. The Morgan fingerprint density at radius 1 is 1.56 bits per heavy atom. The second-order valence-electron chi connectivity index (χ2n) is 4.68. The van der Waals surface area contributed by atoms with Gasteiger partial charge in [0.25, 0.3) is 0 Å². The van der Waals surface area contributed by atoms with E-state index in [1.54, 1.807) is 11.3 Å². The average molecular weight is 239 g/mol. The van der Waals surface area contributed by atoms with E-state index in [-0.39, 0.29) is 0 Å². The normalized spacial score (nSPS) is 20.2. The van der Waals surface area contributed by atoms with Crippen molar-refractivity contribution in [2.24, 2.45) is 5.92 Å². The number of hydrogen-bond acceptors (Lipinski definition) is 4. The molecule has 1 aliphatic heterocycles. The highest BCUT2D eigenvalue weighted by Gasteiger charge is 2.19. The zero-order valence-corrected chi connectivity index (χ0v) is 11.0. The maximum atomic E-state index is 4.39. The third-order valence-corrected chi connectivity index (χ3v) is 4.42. The molecule has 90 valence electrons. The molecule has 2 rings (SSSR count). The lowest BCUT2D eigenvalue weighted by atomic mass is 9.97. The van der Waals surface area contributed by atoms with Crippen LogP contribution in [0.15, 0.2) is 11.6 Å².